The van der Waals surface area contributed by atoms with Crippen molar-refractivity contribution in [3.05, 3.63) is 17.4 Å². The van der Waals surface area contributed by atoms with Gasteiger partial charge in [0.1, 0.15) is 6.61 Å². The van der Waals surface area contributed by atoms with E-state index in [1.807, 2.05) is 6.92 Å². The van der Waals surface area contributed by atoms with Crippen LogP contribution in [0.3, 0.4) is 0 Å². The Morgan fingerprint density at radius 2 is 2.27 bits per heavy atom. The van der Waals surface area contributed by atoms with E-state index in [0.717, 1.165) is 6.42 Å². The van der Waals surface area contributed by atoms with E-state index in [1.165, 1.54) is 0 Å². The van der Waals surface area contributed by atoms with Crippen LogP contribution in [0.1, 0.15) is 32.6 Å². The third-order valence-electron chi connectivity index (χ3n) is 4.43. The summed E-state index contributed by atoms with van der Waals surface area (Å²) in [5.41, 5.74) is 0. The van der Waals surface area contributed by atoms with Gasteiger partial charge in [-0.25, -0.2) is 0 Å². The fourth-order valence-electron chi connectivity index (χ4n) is 3.14. The third kappa shape index (κ3) is 6.26. The van der Waals surface area contributed by atoms with E-state index in [0.29, 0.717) is 44.0 Å². The number of carbonyl (C=O) groups is 2. The van der Waals surface area contributed by atoms with Gasteiger partial charge in [-0.2, -0.15) is 5.10 Å². The van der Waals surface area contributed by atoms with Gasteiger partial charge in [-0.3, -0.25) is 14.3 Å². The highest BCUT2D eigenvalue weighted by Crippen LogP contribution is 2.27. The lowest BCUT2D eigenvalue weighted by molar-refractivity contribution is -0.130. The van der Waals surface area contributed by atoms with Gasteiger partial charge in [0.05, 0.1) is 29.9 Å². The van der Waals surface area contributed by atoms with Crippen LogP contribution in [0.2, 0.25) is 5.02 Å². The first-order valence-corrected chi connectivity index (χ1v) is 9.38. The Bertz CT molecular complexity index is 595. The molecule has 0 bridgehead atoms. The molecule has 146 valence electrons. The number of hydrogen-bond donors (Lipinski definition) is 3. The van der Waals surface area contributed by atoms with Gasteiger partial charge in [-0.15, -0.1) is 0 Å². The maximum absolute atomic E-state index is 12.4. The molecule has 0 saturated heterocycles. The molecule has 0 spiro atoms. The first-order valence-electron chi connectivity index (χ1n) is 9.01. The molecule has 1 aliphatic carbocycles. The molecule has 2 rings (SSSR count). The summed E-state index contributed by atoms with van der Waals surface area (Å²) in [6.45, 7) is 3.06. The van der Waals surface area contributed by atoms with Gasteiger partial charge < -0.3 is 20.5 Å². The third-order valence-corrected chi connectivity index (χ3v) is 4.63. The quantitative estimate of drug-likeness (QED) is 0.580. The molecule has 0 aliphatic heterocycles. The molecule has 1 aromatic heterocycles. The number of ether oxygens (including phenoxy) is 1. The van der Waals surface area contributed by atoms with Gasteiger partial charge >= 0.3 is 0 Å². The normalized spacial score (nSPS) is 22.8. The minimum Gasteiger partial charge on any atom is -0.387 e. The summed E-state index contributed by atoms with van der Waals surface area (Å²) >= 11 is 5.81. The highest BCUT2D eigenvalue weighted by molar-refractivity contribution is 6.30. The SMILES string of the molecule is CCCO[C@@H]1C[C@@H](C(=O)NCCn2cc(Cl)cn2)CC[C@H]1NC(=O)CO. The van der Waals surface area contributed by atoms with Crippen molar-refractivity contribution in [2.45, 2.75) is 51.3 Å². The van der Waals surface area contributed by atoms with Crippen molar-refractivity contribution >= 4 is 23.4 Å². The van der Waals surface area contributed by atoms with E-state index >= 15 is 0 Å². The van der Waals surface area contributed by atoms with Crippen LogP contribution in [0.15, 0.2) is 12.4 Å². The minimum absolute atomic E-state index is 0.0136. The average Bonchev–Trinajstić information content (AvgIpc) is 3.05. The number of nitrogens with zero attached hydrogens (tertiary/aromatic N) is 2. The molecule has 1 aliphatic rings. The van der Waals surface area contributed by atoms with Crippen LogP contribution in [0.5, 0.6) is 0 Å². The van der Waals surface area contributed by atoms with Crippen molar-refractivity contribution in [3.63, 3.8) is 0 Å². The second-order valence-electron chi connectivity index (χ2n) is 6.46. The van der Waals surface area contributed by atoms with Gasteiger partial charge in [0.15, 0.2) is 0 Å². The van der Waals surface area contributed by atoms with Gasteiger partial charge in [0.2, 0.25) is 11.8 Å². The molecule has 3 N–H and O–H groups in total. The molecule has 1 saturated carbocycles. The lowest BCUT2D eigenvalue weighted by Crippen LogP contribution is -2.50. The Morgan fingerprint density at radius 3 is 2.92 bits per heavy atom. The molecule has 2 amide bonds. The van der Waals surface area contributed by atoms with Crippen molar-refractivity contribution in [2.75, 3.05) is 19.8 Å². The summed E-state index contributed by atoms with van der Waals surface area (Å²) < 4.78 is 7.52. The van der Waals surface area contributed by atoms with Crippen molar-refractivity contribution in [2.24, 2.45) is 5.92 Å². The molecule has 1 aromatic rings. The number of aliphatic hydroxyl groups excluding tert-OH is 1. The zero-order chi connectivity index (χ0) is 18.9. The summed E-state index contributed by atoms with van der Waals surface area (Å²) in [6, 6.07) is -0.170. The number of nitrogens with one attached hydrogen (secondary N) is 2. The van der Waals surface area contributed by atoms with Crippen LogP contribution in [0, 0.1) is 5.92 Å². The van der Waals surface area contributed by atoms with E-state index in [9.17, 15) is 9.59 Å². The number of aliphatic hydroxyl groups is 1. The van der Waals surface area contributed by atoms with Crippen molar-refractivity contribution in [1.29, 1.82) is 0 Å². The van der Waals surface area contributed by atoms with E-state index in [1.54, 1.807) is 17.1 Å². The predicted octanol–water partition coefficient (Wildman–Crippen LogP) is 0.725. The Hall–Kier alpha value is -1.64. The second kappa shape index (κ2) is 10.5. The summed E-state index contributed by atoms with van der Waals surface area (Å²) in [7, 11) is 0. The molecule has 1 heterocycles. The maximum Gasteiger partial charge on any atom is 0.246 e. The van der Waals surface area contributed by atoms with Crippen molar-refractivity contribution < 1.29 is 19.4 Å². The van der Waals surface area contributed by atoms with Gasteiger partial charge in [-0.05, 0) is 25.7 Å². The highest BCUT2D eigenvalue weighted by Gasteiger charge is 2.35. The Morgan fingerprint density at radius 1 is 1.46 bits per heavy atom. The van der Waals surface area contributed by atoms with Crippen LogP contribution in [-0.2, 0) is 20.9 Å². The fraction of sp³-hybridized carbons (Fsp3) is 0.706. The smallest absolute Gasteiger partial charge is 0.246 e. The fourth-order valence-corrected chi connectivity index (χ4v) is 3.29. The van der Waals surface area contributed by atoms with Crippen LogP contribution in [-0.4, -0.2) is 58.6 Å². The van der Waals surface area contributed by atoms with Crippen LogP contribution >= 0.6 is 11.6 Å². The molecule has 3 atom stereocenters. The summed E-state index contributed by atoms with van der Waals surface area (Å²) in [4.78, 5) is 23.9. The molecule has 0 unspecified atom stereocenters. The number of aromatic nitrogens is 2. The van der Waals surface area contributed by atoms with Crippen molar-refractivity contribution in [3.8, 4) is 0 Å². The first-order chi connectivity index (χ1) is 12.5. The van der Waals surface area contributed by atoms with Crippen LogP contribution < -0.4 is 10.6 Å². The van der Waals surface area contributed by atoms with Crippen molar-refractivity contribution in [1.82, 2.24) is 20.4 Å². The maximum atomic E-state index is 12.4. The number of amides is 2. The van der Waals surface area contributed by atoms with Crippen LogP contribution in [0.4, 0.5) is 0 Å². The van der Waals surface area contributed by atoms with E-state index in [4.69, 9.17) is 21.4 Å². The minimum atomic E-state index is -0.543. The van der Waals surface area contributed by atoms with E-state index in [-0.39, 0.29) is 24.0 Å². The summed E-state index contributed by atoms with van der Waals surface area (Å²) in [6.07, 6.45) is 5.77. The molecule has 26 heavy (non-hydrogen) atoms. The second-order valence-corrected chi connectivity index (χ2v) is 6.90. The Kier molecular flexibility index (Phi) is 8.34. The van der Waals surface area contributed by atoms with Gasteiger partial charge in [-0.1, -0.05) is 18.5 Å². The largest absolute Gasteiger partial charge is 0.387 e. The Balaban J connectivity index is 1.82. The van der Waals surface area contributed by atoms with Gasteiger partial charge in [0.25, 0.3) is 0 Å². The first kappa shape index (κ1) is 20.7. The van der Waals surface area contributed by atoms with E-state index < -0.39 is 12.5 Å². The highest BCUT2D eigenvalue weighted by atomic mass is 35.5. The topological polar surface area (TPSA) is 105 Å². The zero-order valence-electron chi connectivity index (χ0n) is 15.0. The van der Waals surface area contributed by atoms with Crippen LogP contribution in [0.25, 0.3) is 0 Å². The molecular formula is C17H27ClN4O4. The number of hydrogen-bond acceptors (Lipinski definition) is 5. The standard InChI is InChI=1S/C17H27ClN4O4/c1-2-7-26-15-8-12(3-4-14(15)21-16(24)11-23)17(25)19-5-6-22-10-13(18)9-20-22/h9-10,12,14-15,23H,2-8,11H2,1H3,(H,19,25)(H,21,24)/t12-,14+,15+/m0/s1. The summed E-state index contributed by atoms with van der Waals surface area (Å²) in [5, 5.41) is 19.3. The molecule has 0 radical (unpaired) electrons. The molecule has 0 aromatic carbocycles. The lowest BCUT2D eigenvalue weighted by atomic mass is 9.83. The molecule has 8 nitrogen and oxygen atoms in total. The molecular weight excluding hydrogens is 360 g/mol. The Labute approximate surface area is 158 Å². The van der Waals surface area contributed by atoms with E-state index in [2.05, 4.69) is 15.7 Å². The number of carbonyl (C=O) groups excluding carboxylic acids is 2. The summed E-state index contributed by atoms with van der Waals surface area (Å²) in [5.74, 6) is -0.582. The lowest BCUT2D eigenvalue weighted by Gasteiger charge is -2.35. The molecule has 1 fully saturated rings. The monoisotopic (exact) mass is 386 g/mol. The number of rotatable bonds is 9. The molecule has 9 heteroatoms. The average molecular weight is 387 g/mol. The number of halogens is 1. The zero-order valence-corrected chi connectivity index (χ0v) is 15.7. The van der Waals surface area contributed by atoms with Gasteiger partial charge in [0, 0.05) is 25.3 Å². The predicted molar refractivity (Wildman–Crippen MR) is 96.6 cm³/mol.